The van der Waals surface area contributed by atoms with Gasteiger partial charge in [-0.15, -0.1) is 0 Å². The molecule has 0 spiro atoms. The third-order valence-electron chi connectivity index (χ3n) is 4.34. The van der Waals surface area contributed by atoms with Crippen molar-refractivity contribution >= 4 is 21.8 Å². The van der Waals surface area contributed by atoms with E-state index in [1.54, 1.807) is 19.1 Å². The summed E-state index contributed by atoms with van der Waals surface area (Å²) in [5, 5.41) is 0. The fourth-order valence-corrected chi connectivity index (χ4v) is 3.29. The van der Waals surface area contributed by atoms with E-state index in [1.165, 1.54) is 21.6 Å². The van der Waals surface area contributed by atoms with Gasteiger partial charge in [0.15, 0.2) is 0 Å². The molecule has 132 valence electrons. The van der Waals surface area contributed by atoms with E-state index in [1.807, 2.05) is 0 Å². The fourth-order valence-electron chi connectivity index (χ4n) is 2.94. The van der Waals surface area contributed by atoms with Crippen LogP contribution < -0.4 is 5.56 Å². The van der Waals surface area contributed by atoms with Crippen LogP contribution in [0.5, 0.6) is 0 Å². The lowest BCUT2D eigenvalue weighted by molar-refractivity contribution is -0.137. The first-order valence-corrected chi connectivity index (χ1v) is 8.37. The lowest BCUT2D eigenvalue weighted by Crippen LogP contribution is -2.45. The van der Waals surface area contributed by atoms with E-state index in [0.29, 0.717) is 16.6 Å². The Balaban J connectivity index is 1.94. The monoisotopic (exact) mass is 414 g/mol. The topological polar surface area (TPSA) is 42.3 Å². The van der Waals surface area contributed by atoms with Crippen molar-refractivity contribution in [1.82, 2.24) is 9.47 Å². The normalized spacial score (nSPS) is 15.9. The highest BCUT2D eigenvalue weighted by molar-refractivity contribution is 9.10. The molecule has 25 heavy (non-hydrogen) atoms. The van der Waals surface area contributed by atoms with Gasteiger partial charge in [-0.3, -0.25) is 9.59 Å². The first-order chi connectivity index (χ1) is 11.7. The van der Waals surface area contributed by atoms with Gasteiger partial charge >= 0.3 is 6.18 Å². The summed E-state index contributed by atoms with van der Waals surface area (Å²) >= 11 is 3.14. The van der Waals surface area contributed by atoms with Crippen LogP contribution in [0.2, 0.25) is 0 Å². The first-order valence-electron chi connectivity index (χ1n) is 7.57. The molecule has 1 amide bonds. The maximum Gasteiger partial charge on any atom is 0.416 e. The number of pyridine rings is 1. The smallest absolute Gasteiger partial charge is 0.329 e. The fraction of sp³-hybridized carbons (Fsp3) is 0.294. The number of amides is 1. The second kappa shape index (κ2) is 6.33. The summed E-state index contributed by atoms with van der Waals surface area (Å²) in [6.07, 6.45) is -4.44. The number of hydrogen-bond donors (Lipinski definition) is 0. The summed E-state index contributed by atoms with van der Waals surface area (Å²) in [5.41, 5.74) is -0.409. The van der Waals surface area contributed by atoms with Crippen molar-refractivity contribution in [3.8, 4) is 0 Å². The molecule has 1 unspecified atom stereocenters. The molecule has 1 aliphatic rings. The van der Waals surface area contributed by atoms with E-state index in [2.05, 4.69) is 15.9 Å². The average molecular weight is 415 g/mol. The summed E-state index contributed by atoms with van der Waals surface area (Å²) in [7, 11) is 0. The van der Waals surface area contributed by atoms with Crippen molar-refractivity contribution in [2.24, 2.45) is 0 Å². The third kappa shape index (κ3) is 3.22. The van der Waals surface area contributed by atoms with Crippen LogP contribution in [0, 0.1) is 0 Å². The van der Waals surface area contributed by atoms with Crippen molar-refractivity contribution in [2.45, 2.75) is 25.7 Å². The van der Waals surface area contributed by atoms with Gasteiger partial charge in [0.1, 0.15) is 5.69 Å². The highest BCUT2D eigenvalue weighted by atomic mass is 79.9. The first kappa shape index (κ1) is 17.7. The molecule has 1 aliphatic heterocycles. The van der Waals surface area contributed by atoms with Crippen LogP contribution in [0.3, 0.4) is 0 Å². The number of halogens is 4. The molecule has 1 aromatic heterocycles. The molecule has 0 N–H and O–H groups in total. The predicted molar refractivity (Wildman–Crippen MR) is 89.3 cm³/mol. The zero-order valence-corrected chi connectivity index (χ0v) is 14.8. The maximum absolute atomic E-state index is 12.9. The molecule has 1 atom stereocenters. The SMILES string of the molecule is CC(c1cccc(C(F)(F)F)c1)N1CCn2c(ccc(Br)c2=O)C1=O. The highest BCUT2D eigenvalue weighted by Crippen LogP contribution is 2.32. The van der Waals surface area contributed by atoms with Gasteiger partial charge in [-0.1, -0.05) is 12.1 Å². The van der Waals surface area contributed by atoms with Crippen molar-refractivity contribution in [1.29, 1.82) is 0 Å². The van der Waals surface area contributed by atoms with Gasteiger partial charge < -0.3 is 9.47 Å². The highest BCUT2D eigenvalue weighted by Gasteiger charge is 2.33. The molecular formula is C17H14BrF3N2O2. The number of fused-ring (bicyclic) bond motifs is 1. The minimum Gasteiger partial charge on any atom is -0.329 e. The number of hydrogen-bond acceptors (Lipinski definition) is 2. The van der Waals surface area contributed by atoms with Gasteiger partial charge in [0, 0.05) is 13.1 Å². The molecule has 2 aromatic rings. The Bertz CT molecular complexity index is 892. The van der Waals surface area contributed by atoms with Gasteiger partial charge in [-0.05, 0) is 52.7 Å². The predicted octanol–water partition coefficient (Wildman–Crippen LogP) is 3.85. The number of carbonyl (C=O) groups excluding carboxylic acids is 1. The quantitative estimate of drug-likeness (QED) is 0.748. The van der Waals surface area contributed by atoms with Crippen molar-refractivity contribution in [3.63, 3.8) is 0 Å². The van der Waals surface area contributed by atoms with E-state index in [-0.39, 0.29) is 23.7 Å². The van der Waals surface area contributed by atoms with Gasteiger partial charge in [-0.25, -0.2) is 0 Å². The molecule has 2 heterocycles. The summed E-state index contributed by atoms with van der Waals surface area (Å²) in [5.74, 6) is -0.374. The zero-order chi connectivity index (χ0) is 18.4. The van der Waals surface area contributed by atoms with E-state index < -0.39 is 17.8 Å². The minimum absolute atomic E-state index is 0.235. The second-order valence-electron chi connectivity index (χ2n) is 5.82. The summed E-state index contributed by atoms with van der Waals surface area (Å²) in [4.78, 5) is 26.3. The molecule has 1 aromatic carbocycles. The Labute approximate surface area is 150 Å². The van der Waals surface area contributed by atoms with Crippen LogP contribution in [0.4, 0.5) is 13.2 Å². The van der Waals surface area contributed by atoms with Gasteiger partial charge in [0.25, 0.3) is 11.5 Å². The van der Waals surface area contributed by atoms with Crippen LogP contribution in [-0.2, 0) is 12.7 Å². The maximum atomic E-state index is 12.9. The Morgan fingerprint density at radius 2 is 1.84 bits per heavy atom. The number of carbonyl (C=O) groups is 1. The second-order valence-corrected chi connectivity index (χ2v) is 6.68. The molecule has 8 heteroatoms. The molecule has 0 saturated carbocycles. The summed E-state index contributed by atoms with van der Waals surface area (Å²) < 4.78 is 40.5. The zero-order valence-electron chi connectivity index (χ0n) is 13.2. The van der Waals surface area contributed by atoms with Crippen LogP contribution in [0.15, 0.2) is 45.7 Å². The van der Waals surface area contributed by atoms with E-state index in [9.17, 15) is 22.8 Å². The van der Waals surface area contributed by atoms with E-state index >= 15 is 0 Å². The molecule has 0 saturated heterocycles. The number of rotatable bonds is 2. The summed E-state index contributed by atoms with van der Waals surface area (Å²) in [6, 6.07) is 7.46. The lowest BCUT2D eigenvalue weighted by atomic mass is 10.0. The molecule has 0 fully saturated rings. The lowest BCUT2D eigenvalue weighted by Gasteiger charge is -2.34. The Hall–Kier alpha value is -2.09. The number of benzene rings is 1. The van der Waals surface area contributed by atoms with Crippen LogP contribution in [-0.4, -0.2) is 21.9 Å². The van der Waals surface area contributed by atoms with Gasteiger partial charge in [-0.2, -0.15) is 13.2 Å². The molecule has 0 radical (unpaired) electrons. The molecule has 0 bridgehead atoms. The van der Waals surface area contributed by atoms with E-state index in [4.69, 9.17) is 0 Å². The molecular weight excluding hydrogens is 401 g/mol. The number of nitrogens with zero attached hydrogens (tertiary/aromatic N) is 2. The molecule has 0 aliphatic carbocycles. The third-order valence-corrected chi connectivity index (χ3v) is 4.94. The van der Waals surface area contributed by atoms with Gasteiger partial charge in [0.2, 0.25) is 0 Å². The average Bonchev–Trinajstić information content (AvgIpc) is 2.57. The van der Waals surface area contributed by atoms with Crippen molar-refractivity contribution < 1.29 is 18.0 Å². The largest absolute Gasteiger partial charge is 0.416 e. The Kier molecular flexibility index (Phi) is 4.49. The van der Waals surface area contributed by atoms with Gasteiger partial charge in [0.05, 0.1) is 16.1 Å². The Morgan fingerprint density at radius 1 is 1.12 bits per heavy atom. The van der Waals surface area contributed by atoms with Crippen LogP contribution in [0.25, 0.3) is 0 Å². The molecule has 3 rings (SSSR count). The Morgan fingerprint density at radius 3 is 2.52 bits per heavy atom. The molecule has 4 nitrogen and oxygen atoms in total. The van der Waals surface area contributed by atoms with Crippen molar-refractivity contribution in [2.75, 3.05) is 6.54 Å². The standard InChI is InChI=1S/C17H14BrF3N2O2/c1-10(11-3-2-4-12(9-11)17(19,20)21)22-7-8-23-14(16(22)25)6-5-13(18)15(23)24/h2-6,9-10H,7-8H2,1H3. The van der Waals surface area contributed by atoms with Crippen LogP contribution >= 0.6 is 15.9 Å². The van der Waals surface area contributed by atoms with Crippen LogP contribution in [0.1, 0.15) is 34.6 Å². The number of alkyl halides is 3. The minimum atomic E-state index is -4.44. The number of aromatic nitrogens is 1. The summed E-state index contributed by atoms with van der Waals surface area (Å²) in [6.45, 7) is 2.22. The van der Waals surface area contributed by atoms with Crippen molar-refractivity contribution in [3.05, 3.63) is 68.0 Å². The van der Waals surface area contributed by atoms with E-state index in [0.717, 1.165) is 12.1 Å².